The van der Waals surface area contributed by atoms with E-state index in [0.717, 1.165) is 11.1 Å². The summed E-state index contributed by atoms with van der Waals surface area (Å²) in [6.45, 7) is 0.0677. The zero-order chi connectivity index (χ0) is 10.1. The van der Waals surface area contributed by atoms with Crippen LogP contribution >= 0.6 is 0 Å². The standard InChI is InChI=1S/C11H13FO2/c12-9-1-2-10-8(6-9)5-7(3-4-13)11(10)14/h1-2,6-7,11,13-14H,3-5H2. The van der Waals surface area contributed by atoms with E-state index in [4.69, 9.17) is 5.11 Å². The van der Waals surface area contributed by atoms with Crippen molar-refractivity contribution in [1.82, 2.24) is 0 Å². The van der Waals surface area contributed by atoms with E-state index in [1.807, 2.05) is 0 Å². The number of hydrogen-bond donors (Lipinski definition) is 2. The van der Waals surface area contributed by atoms with Gasteiger partial charge in [0.05, 0.1) is 6.10 Å². The van der Waals surface area contributed by atoms with Crippen LogP contribution in [0.5, 0.6) is 0 Å². The third-order valence-electron chi connectivity index (χ3n) is 2.85. The molecule has 2 N–H and O–H groups in total. The third kappa shape index (κ3) is 1.53. The molecule has 0 spiro atoms. The predicted octanol–water partition coefficient (Wildman–Crippen LogP) is 1.41. The Morgan fingerprint density at radius 1 is 1.43 bits per heavy atom. The highest BCUT2D eigenvalue weighted by atomic mass is 19.1. The molecule has 76 valence electrons. The first-order valence-electron chi connectivity index (χ1n) is 4.79. The minimum Gasteiger partial charge on any atom is -0.396 e. The van der Waals surface area contributed by atoms with Crippen LogP contribution in [0, 0.1) is 11.7 Å². The molecule has 2 rings (SSSR count). The largest absolute Gasteiger partial charge is 0.396 e. The zero-order valence-corrected chi connectivity index (χ0v) is 7.78. The minimum absolute atomic E-state index is 0.0387. The molecule has 0 radical (unpaired) electrons. The Morgan fingerprint density at radius 3 is 2.93 bits per heavy atom. The summed E-state index contributed by atoms with van der Waals surface area (Å²) in [5.74, 6) is -0.225. The minimum atomic E-state index is -0.544. The van der Waals surface area contributed by atoms with E-state index in [2.05, 4.69) is 0 Å². The number of aliphatic hydroxyl groups is 2. The molecule has 3 heteroatoms. The van der Waals surface area contributed by atoms with Crippen LogP contribution in [-0.2, 0) is 6.42 Å². The molecule has 0 amide bonds. The van der Waals surface area contributed by atoms with Crippen LogP contribution < -0.4 is 0 Å². The third-order valence-corrected chi connectivity index (χ3v) is 2.85. The molecule has 0 aliphatic heterocycles. The molecule has 2 atom stereocenters. The number of fused-ring (bicyclic) bond motifs is 1. The lowest BCUT2D eigenvalue weighted by molar-refractivity contribution is 0.104. The average molecular weight is 196 g/mol. The van der Waals surface area contributed by atoms with Crippen molar-refractivity contribution in [1.29, 1.82) is 0 Å². The normalized spacial score (nSPS) is 25.1. The van der Waals surface area contributed by atoms with Crippen LogP contribution in [0.2, 0.25) is 0 Å². The SMILES string of the molecule is OCCC1Cc2cc(F)ccc2C1O. The van der Waals surface area contributed by atoms with Crippen LogP contribution in [0.15, 0.2) is 18.2 Å². The number of aliphatic hydroxyl groups excluding tert-OH is 2. The highest BCUT2D eigenvalue weighted by Gasteiger charge is 2.30. The van der Waals surface area contributed by atoms with Gasteiger partial charge in [0, 0.05) is 6.61 Å². The maximum absolute atomic E-state index is 12.9. The fourth-order valence-corrected chi connectivity index (χ4v) is 2.11. The lowest BCUT2D eigenvalue weighted by atomic mass is 10.0. The van der Waals surface area contributed by atoms with Crippen molar-refractivity contribution < 1.29 is 14.6 Å². The smallest absolute Gasteiger partial charge is 0.123 e. The van der Waals surface area contributed by atoms with Crippen LogP contribution in [-0.4, -0.2) is 16.8 Å². The van der Waals surface area contributed by atoms with Crippen molar-refractivity contribution in [3.05, 3.63) is 35.1 Å². The Kier molecular flexibility index (Phi) is 2.52. The van der Waals surface area contributed by atoms with E-state index in [1.165, 1.54) is 12.1 Å². The van der Waals surface area contributed by atoms with Gasteiger partial charge in [-0.1, -0.05) is 6.07 Å². The zero-order valence-electron chi connectivity index (χ0n) is 7.78. The summed E-state index contributed by atoms with van der Waals surface area (Å²) in [7, 11) is 0. The van der Waals surface area contributed by atoms with Gasteiger partial charge in [0.25, 0.3) is 0 Å². The van der Waals surface area contributed by atoms with Gasteiger partial charge in [-0.2, -0.15) is 0 Å². The maximum Gasteiger partial charge on any atom is 0.123 e. The highest BCUT2D eigenvalue weighted by molar-refractivity contribution is 5.35. The van der Waals surface area contributed by atoms with Crippen molar-refractivity contribution in [2.24, 2.45) is 5.92 Å². The second kappa shape index (κ2) is 3.67. The molecule has 14 heavy (non-hydrogen) atoms. The monoisotopic (exact) mass is 196 g/mol. The van der Waals surface area contributed by atoms with Gasteiger partial charge < -0.3 is 10.2 Å². The lowest BCUT2D eigenvalue weighted by Crippen LogP contribution is -2.08. The molecule has 0 fully saturated rings. The van der Waals surface area contributed by atoms with E-state index >= 15 is 0 Å². The summed E-state index contributed by atoms with van der Waals surface area (Å²) in [5, 5.41) is 18.6. The van der Waals surface area contributed by atoms with E-state index in [-0.39, 0.29) is 18.3 Å². The van der Waals surface area contributed by atoms with Gasteiger partial charge in [-0.05, 0) is 42.0 Å². The van der Waals surface area contributed by atoms with Gasteiger partial charge in [-0.25, -0.2) is 4.39 Å². The molecular formula is C11H13FO2. The number of benzene rings is 1. The highest BCUT2D eigenvalue weighted by Crippen LogP contribution is 2.37. The van der Waals surface area contributed by atoms with E-state index in [1.54, 1.807) is 6.07 Å². The van der Waals surface area contributed by atoms with Crippen LogP contribution in [0.3, 0.4) is 0 Å². The van der Waals surface area contributed by atoms with Crippen molar-refractivity contribution in [3.63, 3.8) is 0 Å². The summed E-state index contributed by atoms with van der Waals surface area (Å²) >= 11 is 0. The Balaban J connectivity index is 2.26. The Hall–Kier alpha value is -0.930. The van der Waals surface area contributed by atoms with E-state index < -0.39 is 6.10 Å². The molecule has 1 aliphatic rings. The molecule has 0 bridgehead atoms. The van der Waals surface area contributed by atoms with Crippen molar-refractivity contribution >= 4 is 0 Å². The molecule has 2 nitrogen and oxygen atoms in total. The average Bonchev–Trinajstić information content (AvgIpc) is 2.44. The predicted molar refractivity (Wildman–Crippen MR) is 50.3 cm³/mol. The summed E-state index contributed by atoms with van der Waals surface area (Å²) in [4.78, 5) is 0. The molecule has 0 saturated carbocycles. The first-order valence-corrected chi connectivity index (χ1v) is 4.79. The van der Waals surface area contributed by atoms with E-state index in [0.29, 0.717) is 12.8 Å². The van der Waals surface area contributed by atoms with Crippen LogP contribution in [0.25, 0.3) is 0 Å². The Morgan fingerprint density at radius 2 is 2.21 bits per heavy atom. The number of rotatable bonds is 2. The molecule has 0 saturated heterocycles. The van der Waals surface area contributed by atoms with Crippen LogP contribution in [0.1, 0.15) is 23.7 Å². The molecule has 1 aliphatic carbocycles. The Bertz CT molecular complexity index is 338. The molecule has 1 aromatic rings. The fourth-order valence-electron chi connectivity index (χ4n) is 2.11. The second-order valence-corrected chi connectivity index (χ2v) is 3.76. The first kappa shape index (κ1) is 9.62. The van der Waals surface area contributed by atoms with Gasteiger partial charge in [0.1, 0.15) is 5.82 Å². The maximum atomic E-state index is 12.9. The molecular weight excluding hydrogens is 183 g/mol. The van der Waals surface area contributed by atoms with Gasteiger partial charge in [0.15, 0.2) is 0 Å². The summed E-state index contributed by atoms with van der Waals surface area (Å²) in [5.41, 5.74) is 1.68. The quantitative estimate of drug-likeness (QED) is 0.750. The van der Waals surface area contributed by atoms with Crippen molar-refractivity contribution in [3.8, 4) is 0 Å². The molecule has 2 unspecified atom stereocenters. The van der Waals surface area contributed by atoms with Crippen LogP contribution in [0.4, 0.5) is 4.39 Å². The first-order chi connectivity index (χ1) is 6.72. The molecule has 0 heterocycles. The Labute approximate surface area is 82.0 Å². The van der Waals surface area contributed by atoms with Gasteiger partial charge in [-0.15, -0.1) is 0 Å². The number of halogens is 1. The summed E-state index contributed by atoms with van der Waals surface area (Å²) in [6, 6.07) is 4.46. The van der Waals surface area contributed by atoms with Gasteiger partial charge >= 0.3 is 0 Å². The van der Waals surface area contributed by atoms with Gasteiger partial charge in [0.2, 0.25) is 0 Å². The molecule has 0 aromatic heterocycles. The second-order valence-electron chi connectivity index (χ2n) is 3.76. The summed E-state index contributed by atoms with van der Waals surface area (Å²) < 4.78 is 12.9. The van der Waals surface area contributed by atoms with Gasteiger partial charge in [-0.3, -0.25) is 0 Å². The lowest BCUT2D eigenvalue weighted by Gasteiger charge is -2.12. The molecule has 1 aromatic carbocycles. The summed E-state index contributed by atoms with van der Waals surface area (Å²) in [6.07, 6.45) is 0.685. The topological polar surface area (TPSA) is 40.5 Å². The number of hydrogen-bond acceptors (Lipinski definition) is 2. The fraction of sp³-hybridized carbons (Fsp3) is 0.455. The van der Waals surface area contributed by atoms with Crippen molar-refractivity contribution in [2.75, 3.05) is 6.61 Å². The van der Waals surface area contributed by atoms with Crippen molar-refractivity contribution in [2.45, 2.75) is 18.9 Å². The van der Waals surface area contributed by atoms with E-state index in [9.17, 15) is 9.50 Å².